The summed E-state index contributed by atoms with van der Waals surface area (Å²) >= 11 is 0. The molecule has 2 saturated carbocycles. The van der Waals surface area contributed by atoms with Crippen LogP contribution < -0.4 is 5.43 Å². The van der Waals surface area contributed by atoms with Crippen molar-refractivity contribution >= 4 is 23.0 Å². The van der Waals surface area contributed by atoms with Crippen molar-refractivity contribution in [1.82, 2.24) is 10.4 Å². The summed E-state index contributed by atoms with van der Waals surface area (Å²) in [5.41, 5.74) is 5.96. The van der Waals surface area contributed by atoms with Gasteiger partial charge in [-0.1, -0.05) is 31.0 Å². The summed E-state index contributed by atoms with van der Waals surface area (Å²) < 4.78 is 0. The molecule has 1 heterocycles. The molecule has 0 saturated heterocycles. The summed E-state index contributed by atoms with van der Waals surface area (Å²) in [4.78, 5) is 15.6. The van der Waals surface area contributed by atoms with Gasteiger partial charge in [0.1, 0.15) is 0 Å². The quantitative estimate of drug-likeness (QED) is 0.662. The number of aromatic amines is 1. The summed E-state index contributed by atoms with van der Waals surface area (Å²) in [5, 5.41) is 5.34. The molecule has 0 aliphatic heterocycles. The summed E-state index contributed by atoms with van der Waals surface area (Å²) in [6.07, 6.45) is 6.76. The van der Waals surface area contributed by atoms with Crippen LogP contribution in [-0.2, 0) is 4.79 Å². The van der Waals surface area contributed by atoms with Crippen molar-refractivity contribution in [3.8, 4) is 0 Å². The number of hydrazone groups is 1. The van der Waals surface area contributed by atoms with Gasteiger partial charge in [0.2, 0.25) is 5.91 Å². The van der Waals surface area contributed by atoms with Gasteiger partial charge in [0.25, 0.3) is 0 Å². The Morgan fingerprint density at radius 1 is 1.27 bits per heavy atom. The smallest absolute Gasteiger partial charge is 0.243 e. The molecule has 4 nitrogen and oxygen atoms in total. The number of carbonyl (C=O) groups excluding carboxylic acids is 1. The van der Waals surface area contributed by atoms with Crippen LogP contribution in [0.1, 0.15) is 36.9 Å². The Morgan fingerprint density at radius 3 is 2.77 bits per heavy atom. The molecule has 2 unspecified atom stereocenters. The molecule has 4 heteroatoms. The highest BCUT2D eigenvalue weighted by atomic mass is 16.2. The molecule has 0 bridgehead atoms. The first-order valence-electron chi connectivity index (χ1n) is 8.16. The van der Waals surface area contributed by atoms with Crippen LogP contribution in [0, 0.1) is 24.7 Å². The van der Waals surface area contributed by atoms with Crippen LogP contribution in [0.5, 0.6) is 0 Å². The predicted octanol–water partition coefficient (Wildman–Crippen LogP) is 3.36. The SMILES string of the molecule is Cc1[nH]c2ccccc2c1/C=N/NC(=O)C1C2CCCCC21. The topological polar surface area (TPSA) is 57.2 Å². The Kier molecular flexibility index (Phi) is 3.25. The van der Waals surface area contributed by atoms with Crippen molar-refractivity contribution in [3.63, 3.8) is 0 Å². The average Bonchev–Trinajstić information content (AvgIpc) is 3.18. The van der Waals surface area contributed by atoms with E-state index < -0.39 is 0 Å². The fourth-order valence-corrected chi connectivity index (χ4v) is 4.08. The van der Waals surface area contributed by atoms with E-state index in [1.165, 1.54) is 25.7 Å². The number of nitrogens with zero attached hydrogens (tertiary/aromatic N) is 1. The number of hydrogen-bond donors (Lipinski definition) is 2. The maximum Gasteiger partial charge on any atom is 0.243 e. The van der Waals surface area contributed by atoms with E-state index in [9.17, 15) is 4.79 Å². The second-order valence-electron chi connectivity index (χ2n) is 6.58. The molecule has 22 heavy (non-hydrogen) atoms. The molecule has 0 spiro atoms. The van der Waals surface area contributed by atoms with Gasteiger partial charge in [0.15, 0.2) is 0 Å². The summed E-state index contributed by atoms with van der Waals surface area (Å²) in [5.74, 6) is 1.56. The van der Waals surface area contributed by atoms with Gasteiger partial charge in [-0.15, -0.1) is 0 Å². The van der Waals surface area contributed by atoms with Crippen molar-refractivity contribution < 1.29 is 4.79 Å². The van der Waals surface area contributed by atoms with E-state index in [4.69, 9.17) is 0 Å². The minimum atomic E-state index is 0.102. The third kappa shape index (κ3) is 2.23. The zero-order valence-corrected chi connectivity index (χ0v) is 12.8. The second kappa shape index (κ2) is 5.27. The van der Waals surface area contributed by atoms with Crippen LogP contribution in [-0.4, -0.2) is 17.1 Å². The monoisotopic (exact) mass is 295 g/mol. The summed E-state index contributed by atoms with van der Waals surface area (Å²) in [7, 11) is 0. The third-order valence-electron chi connectivity index (χ3n) is 5.27. The van der Waals surface area contributed by atoms with E-state index in [0.29, 0.717) is 11.8 Å². The lowest BCUT2D eigenvalue weighted by molar-refractivity contribution is -0.122. The highest BCUT2D eigenvalue weighted by Gasteiger charge is 2.54. The number of aromatic nitrogens is 1. The first-order valence-corrected chi connectivity index (χ1v) is 8.16. The summed E-state index contributed by atoms with van der Waals surface area (Å²) in [6.45, 7) is 2.03. The normalized spacial score (nSPS) is 27.0. The van der Waals surface area contributed by atoms with Gasteiger partial charge in [-0.05, 0) is 37.7 Å². The Morgan fingerprint density at radius 2 is 2.00 bits per heavy atom. The van der Waals surface area contributed by atoms with Crippen molar-refractivity contribution in [1.29, 1.82) is 0 Å². The largest absolute Gasteiger partial charge is 0.358 e. The molecule has 2 aromatic rings. The first kappa shape index (κ1) is 13.6. The second-order valence-corrected chi connectivity index (χ2v) is 6.58. The fraction of sp³-hybridized carbons (Fsp3) is 0.444. The zero-order chi connectivity index (χ0) is 15.1. The van der Waals surface area contributed by atoms with E-state index >= 15 is 0 Å². The van der Waals surface area contributed by atoms with Crippen molar-refractivity contribution in [2.24, 2.45) is 22.9 Å². The molecule has 1 aromatic carbocycles. The van der Waals surface area contributed by atoms with Gasteiger partial charge in [-0.25, -0.2) is 5.43 Å². The van der Waals surface area contributed by atoms with Gasteiger partial charge < -0.3 is 4.98 Å². The minimum Gasteiger partial charge on any atom is -0.358 e. The van der Waals surface area contributed by atoms with Gasteiger partial charge >= 0.3 is 0 Å². The molecule has 1 aromatic heterocycles. The number of para-hydroxylation sites is 1. The third-order valence-corrected chi connectivity index (χ3v) is 5.27. The summed E-state index contributed by atoms with van der Waals surface area (Å²) in [6, 6.07) is 8.14. The van der Waals surface area contributed by atoms with Crippen molar-refractivity contribution in [2.75, 3.05) is 0 Å². The standard InChI is InChI=1S/C18H21N3O/c1-11-15(12-6-4-5-9-16(12)20-11)10-19-21-18(22)17-13-7-2-3-8-14(13)17/h4-6,9-10,13-14,17,20H,2-3,7-8H2,1H3,(H,21,22)/b19-10+. The molecule has 2 aliphatic rings. The molecular formula is C18H21N3O. The Hall–Kier alpha value is -2.10. The lowest BCUT2D eigenvalue weighted by Gasteiger charge is -2.04. The number of aryl methyl sites for hydroxylation is 1. The Labute approximate surface area is 130 Å². The van der Waals surface area contributed by atoms with Gasteiger partial charge in [-0.2, -0.15) is 5.10 Å². The number of benzene rings is 1. The van der Waals surface area contributed by atoms with E-state index in [1.54, 1.807) is 6.21 Å². The molecule has 4 rings (SSSR count). The average molecular weight is 295 g/mol. The molecule has 1 amide bonds. The lowest BCUT2D eigenvalue weighted by Crippen LogP contribution is -2.20. The number of hydrogen-bond acceptors (Lipinski definition) is 2. The molecule has 2 N–H and O–H groups in total. The van der Waals surface area contributed by atoms with Crippen LogP contribution in [0.25, 0.3) is 10.9 Å². The van der Waals surface area contributed by atoms with Crippen molar-refractivity contribution in [2.45, 2.75) is 32.6 Å². The lowest BCUT2D eigenvalue weighted by atomic mass is 10.0. The molecular weight excluding hydrogens is 274 g/mol. The van der Waals surface area contributed by atoms with Gasteiger partial charge in [-0.3, -0.25) is 4.79 Å². The molecule has 114 valence electrons. The molecule has 0 radical (unpaired) electrons. The van der Waals surface area contributed by atoms with E-state index in [-0.39, 0.29) is 11.8 Å². The number of nitrogens with one attached hydrogen (secondary N) is 2. The molecule has 2 atom stereocenters. The number of H-pyrrole nitrogens is 1. The van der Waals surface area contributed by atoms with Crippen LogP contribution in [0.2, 0.25) is 0 Å². The maximum atomic E-state index is 12.2. The van der Waals surface area contributed by atoms with Crippen LogP contribution in [0.4, 0.5) is 0 Å². The molecule has 2 aliphatic carbocycles. The van der Waals surface area contributed by atoms with E-state index in [1.807, 2.05) is 25.1 Å². The number of amides is 1. The van der Waals surface area contributed by atoms with Gasteiger partial charge in [0, 0.05) is 28.1 Å². The Bertz CT molecular complexity index is 734. The number of rotatable bonds is 3. The zero-order valence-electron chi connectivity index (χ0n) is 12.8. The van der Waals surface area contributed by atoms with E-state index in [2.05, 4.69) is 21.6 Å². The first-order chi connectivity index (χ1) is 10.8. The highest BCUT2D eigenvalue weighted by Crippen LogP contribution is 2.55. The Balaban J connectivity index is 1.45. The molecule has 2 fully saturated rings. The fourth-order valence-electron chi connectivity index (χ4n) is 4.08. The van der Waals surface area contributed by atoms with Crippen LogP contribution >= 0.6 is 0 Å². The van der Waals surface area contributed by atoms with E-state index in [0.717, 1.165) is 22.2 Å². The van der Waals surface area contributed by atoms with Crippen molar-refractivity contribution in [3.05, 3.63) is 35.5 Å². The number of carbonyl (C=O) groups is 1. The maximum absolute atomic E-state index is 12.2. The predicted molar refractivity (Wildman–Crippen MR) is 87.7 cm³/mol. The highest BCUT2D eigenvalue weighted by molar-refractivity contribution is 6.00. The number of fused-ring (bicyclic) bond motifs is 2. The van der Waals surface area contributed by atoms with Gasteiger partial charge in [0.05, 0.1) is 6.21 Å². The van der Waals surface area contributed by atoms with Crippen LogP contribution in [0.3, 0.4) is 0 Å². The van der Waals surface area contributed by atoms with Crippen LogP contribution in [0.15, 0.2) is 29.4 Å². The minimum absolute atomic E-state index is 0.102.